The third-order valence-electron chi connectivity index (χ3n) is 7.58. The summed E-state index contributed by atoms with van der Waals surface area (Å²) in [6, 6.07) is 6.12. The summed E-state index contributed by atoms with van der Waals surface area (Å²) >= 11 is 11.7. The maximum atomic E-state index is 12.3. The Hall–Kier alpha value is -0.490. The second kappa shape index (κ2) is 15.3. The molecule has 1 aromatic carbocycles. The number of halogens is 2. The summed E-state index contributed by atoms with van der Waals surface area (Å²) < 4.78 is 27.0. The minimum absolute atomic E-state index is 0.0313. The molecule has 2 fully saturated rings. The molecule has 0 spiro atoms. The van der Waals surface area contributed by atoms with Gasteiger partial charge < -0.3 is 15.9 Å². The van der Waals surface area contributed by atoms with E-state index in [2.05, 4.69) is 42.2 Å². The highest BCUT2D eigenvalue weighted by atomic mass is 35.5. The van der Waals surface area contributed by atoms with E-state index in [0.29, 0.717) is 42.3 Å². The monoisotopic (exact) mass is 580 g/mol. The fourth-order valence-corrected chi connectivity index (χ4v) is 6.69. The summed E-state index contributed by atoms with van der Waals surface area (Å²) in [5, 5.41) is 20.2. The lowest BCUT2D eigenvalue weighted by molar-refractivity contribution is 0.0438. The number of β-amino-alcohol motifs (C(OH)–C–C–N with tert-alkyl or cyclic N) is 2. The van der Waals surface area contributed by atoms with Crippen LogP contribution in [0, 0.1) is 0 Å². The van der Waals surface area contributed by atoms with Gasteiger partial charge in [0.15, 0.2) is 0 Å². The number of piperidine rings is 2. The van der Waals surface area contributed by atoms with Crippen LogP contribution in [-0.4, -0.2) is 91.0 Å². The molecule has 8 nitrogen and oxygen atoms in total. The zero-order valence-electron chi connectivity index (χ0n) is 22.6. The SMILES string of the molecule is C[C@@H]1CCC[C@H](C)N1C[C@@H](O)CN.C[C@@H]1CCC[C@H](C)N1C[C@@H](O)CNS(=O)(=O)c1ccc(Cl)c(Cl)c1. The van der Waals surface area contributed by atoms with Gasteiger partial charge >= 0.3 is 0 Å². The average molecular weight is 582 g/mol. The molecule has 1 aromatic rings. The van der Waals surface area contributed by atoms with Crippen molar-refractivity contribution in [3.63, 3.8) is 0 Å². The first-order valence-corrected chi connectivity index (χ1v) is 15.6. The number of nitrogens with one attached hydrogen (secondary N) is 1. The second-order valence-corrected chi connectivity index (χ2v) is 13.2. The Morgan fingerprint density at radius 3 is 1.78 bits per heavy atom. The third kappa shape index (κ3) is 10.2. The van der Waals surface area contributed by atoms with Crippen LogP contribution < -0.4 is 10.5 Å². The number of rotatable bonds is 9. The van der Waals surface area contributed by atoms with Gasteiger partial charge in [0, 0.05) is 50.3 Å². The molecule has 11 heteroatoms. The Morgan fingerprint density at radius 2 is 1.35 bits per heavy atom. The number of sulfonamides is 1. The molecule has 0 radical (unpaired) electrons. The van der Waals surface area contributed by atoms with Crippen molar-refractivity contribution in [2.75, 3.05) is 26.2 Å². The van der Waals surface area contributed by atoms with Gasteiger partial charge in [-0.3, -0.25) is 9.80 Å². The third-order valence-corrected chi connectivity index (χ3v) is 9.74. The lowest BCUT2D eigenvalue weighted by Crippen LogP contribution is -2.49. The number of hydrogen-bond donors (Lipinski definition) is 4. The average Bonchev–Trinajstić information content (AvgIpc) is 2.84. The highest BCUT2D eigenvalue weighted by Crippen LogP contribution is 2.25. The van der Waals surface area contributed by atoms with Crippen LogP contribution in [0.5, 0.6) is 0 Å². The molecule has 214 valence electrons. The highest BCUT2D eigenvalue weighted by Gasteiger charge is 2.27. The molecule has 2 saturated heterocycles. The van der Waals surface area contributed by atoms with E-state index < -0.39 is 16.1 Å². The van der Waals surface area contributed by atoms with Crippen molar-refractivity contribution in [3.8, 4) is 0 Å². The summed E-state index contributed by atoms with van der Waals surface area (Å²) in [6.07, 6.45) is 6.09. The standard InChI is InChI=1S/C16H24Cl2N2O3S.C10H22N2O/c1-11-4-3-5-12(2)20(11)10-13(21)9-19-24(22,23)14-6-7-15(17)16(18)8-14;1-8-4-3-5-9(2)12(8)7-10(13)6-11/h6-8,11-13,19,21H,3-5,9-10H2,1-2H3;8-10,13H,3-7,11H2,1-2H3/t11-,12+,13-;8-,9+,10-/m00/s1. The van der Waals surface area contributed by atoms with Crippen LogP contribution in [-0.2, 0) is 10.0 Å². The Bertz CT molecular complexity index is 919. The zero-order chi connectivity index (χ0) is 27.8. The Balaban J connectivity index is 0.000000312. The molecule has 0 amide bonds. The van der Waals surface area contributed by atoms with E-state index >= 15 is 0 Å². The largest absolute Gasteiger partial charge is 0.390 e. The van der Waals surface area contributed by atoms with Crippen LogP contribution in [0.2, 0.25) is 10.0 Å². The number of aliphatic hydroxyl groups excluding tert-OH is 2. The molecular formula is C26H46Cl2N4O4S. The van der Waals surface area contributed by atoms with Gasteiger partial charge in [-0.15, -0.1) is 0 Å². The minimum Gasteiger partial charge on any atom is -0.390 e. The van der Waals surface area contributed by atoms with E-state index in [9.17, 15) is 18.6 Å². The molecule has 0 aromatic heterocycles. The molecule has 37 heavy (non-hydrogen) atoms. The van der Waals surface area contributed by atoms with Crippen LogP contribution in [0.1, 0.15) is 66.2 Å². The van der Waals surface area contributed by atoms with Crippen LogP contribution in [0.4, 0.5) is 0 Å². The van der Waals surface area contributed by atoms with Crippen molar-refractivity contribution in [2.45, 2.75) is 107 Å². The molecule has 0 aliphatic carbocycles. The molecule has 2 heterocycles. The predicted molar refractivity (Wildman–Crippen MR) is 152 cm³/mol. The molecule has 0 saturated carbocycles. The molecule has 2 aliphatic rings. The van der Waals surface area contributed by atoms with Gasteiger partial charge in [-0.1, -0.05) is 36.0 Å². The minimum atomic E-state index is -3.73. The van der Waals surface area contributed by atoms with E-state index in [0.717, 1.165) is 19.4 Å². The van der Waals surface area contributed by atoms with Crippen LogP contribution in [0.3, 0.4) is 0 Å². The summed E-state index contributed by atoms with van der Waals surface area (Å²) in [7, 11) is -3.73. The second-order valence-electron chi connectivity index (χ2n) is 10.6. The fraction of sp³-hybridized carbons (Fsp3) is 0.769. The van der Waals surface area contributed by atoms with Gasteiger partial charge in [0.25, 0.3) is 0 Å². The maximum Gasteiger partial charge on any atom is 0.240 e. The number of nitrogens with two attached hydrogens (primary N) is 1. The summed E-state index contributed by atoms with van der Waals surface area (Å²) in [5.74, 6) is 0. The molecule has 5 N–H and O–H groups in total. The molecule has 2 aliphatic heterocycles. The van der Waals surface area contributed by atoms with Crippen LogP contribution in [0.15, 0.2) is 23.1 Å². The van der Waals surface area contributed by atoms with Gasteiger partial charge in [-0.05, 0) is 71.6 Å². The predicted octanol–water partition coefficient (Wildman–Crippen LogP) is 3.46. The lowest BCUT2D eigenvalue weighted by Gasteiger charge is -2.40. The van der Waals surface area contributed by atoms with E-state index in [1.54, 1.807) is 0 Å². The fourth-order valence-electron chi connectivity index (χ4n) is 5.23. The van der Waals surface area contributed by atoms with Gasteiger partial charge in [-0.25, -0.2) is 13.1 Å². The van der Waals surface area contributed by atoms with Crippen molar-refractivity contribution < 1.29 is 18.6 Å². The molecule has 3 rings (SSSR count). The quantitative estimate of drug-likeness (QED) is 0.353. The maximum absolute atomic E-state index is 12.3. The normalized spacial score (nSPS) is 27.3. The van der Waals surface area contributed by atoms with Crippen molar-refractivity contribution in [1.82, 2.24) is 14.5 Å². The first kappa shape index (κ1) is 32.7. The smallest absolute Gasteiger partial charge is 0.240 e. The van der Waals surface area contributed by atoms with Crippen molar-refractivity contribution >= 4 is 33.2 Å². The lowest BCUT2D eigenvalue weighted by atomic mass is 9.97. The van der Waals surface area contributed by atoms with Gasteiger partial charge in [-0.2, -0.15) is 0 Å². The van der Waals surface area contributed by atoms with Crippen molar-refractivity contribution in [2.24, 2.45) is 5.73 Å². The van der Waals surface area contributed by atoms with E-state index in [-0.39, 0.29) is 22.6 Å². The summed E-state index contributed by atoms with van der Waals surface area (Å²) in [4.78, 5) is 4.65. The number of aliphatic hydroxyl groups is 2. The summed E-state index contributed by atoms with van der Waals surface area (Å²) in [5.41, 5.74) is 5.40. The Labute approximate surface area is 233 Å². The number of benzene rings is 1. The molecular weight excluding hydrogens is 535 g/mol. The van der Waals surface area contributed by atoms with E-state index in [1.807, 2.05) is 0 Å². The van der Waals surface area contributed by atoms with E-state index in [1.165, 1.54) is 43.9 Å². The van der Waals surface area contributed by atoms with Gasteiger partial charge in [0.2, 0.25) is 10.0 Å². The van der Waals surface area contributed by atoms with Gasteiger partial charge in [0.1, 0.15) is 0 Å². The Kier molecular flexibility index (Phi) is 13.6. The van der Waals surface area contributed by atoms with Crippen molar-refractivity contribution in [1.29, 1.82) is 0 Å². The van der Waals surface area contributed by atoms with E-state index in [4.69, 9.17) is 28.9 Å². The number of hydrogen-bond acceptors (Lipinski definition) is 7. The Morgan fingerprint density at radius 1 is 0.892 bits per heavy atom. The zero-order valence-corrected chi connectivity index (χ0v) is 24.9. The van der Waals surface area contributed by atoms with Crippen LogP contribution >= 0.6 is 23.2 Å². The first-order chi connectivity index (χ1) is 17.4. The number of nitrogens with zero attached hydrogens (tertiary/aromatic N) is 2. The van der Waals surface area contributed by atoms with Crippen molar-refractivity contribution in [3.05, 3.63) is 28.2 Å². The number of likely N-dealkylation sites (tertiary alicyclic amines) is 2. The topological polar surface area (TPSA) is 119 Å². The first-order valence-electron chi connectivity index (χ1n) is 13.4. The van der Waals surface area contributed by atoms with Gasteiger partial charge in [0.05, 0.1) is 27.1 Å². The highest BCUT2D eigenvalue weighted by molar-refractivity contribution is 7.89. The summed E-state index contributed by atoms with van der Waals surface area (Å²) in [6.45, 7) is 10.3. The van der Waals surface area contributed by atoms with Crippen LogP contribution in [0.25, 0.3) is 0 Å². The molecule has 0 unspecified atom stereocenters. The molecule has 6 atom stereocenters. The molecule has 0 bridgehead atoms.